The van der Waals surface area contributed by atoms with Crippen LogP contribution in [0.5, 0.6) is 0 Å². The largest absolute Gasteiger partial charge is 0.336 e. The molecule has 0 radical (unpaired) electrons. The van der Waals surface area contributed by atoms with Crippen molar-refractivity contribution in [3.8, 4) is 5.69 Å². The summed E-state index contributed by atoms with van der Waals surface area (Å²) in [4.78, 5) is 18.6. The van der Waals surface area contributed by atoms with Gasteiger partial charge >= 0.3 is 0 Å². The predicted octanol–water partition coefficient (Wildman–Crippen LogP) is 2.18. The SMILES string of the molecule is O=C(c1ccc(-n2cncn2)cc1)N1CCN(S(=O)(=O)c2ccc(Br)cc2)CC1. The van der Waals surface area contributed by atoms with Crippen molar-refractivity contribution in [3.05, 3.63) is 71.2 Å². The van der Waals surface area contributed by atoms with Crippen molar-refractivity contribution in [3.63, 3.8) is 0 Å². The molecule has 1 aliphatic heterocycles. The monoisotopic (exact) mass is 475 g/mol. The summed E-state index contributed by atoms with van der Waals surface area (Å²) in [7, 11) is -3.56. The molecule has 4 rings (SSSR count). The number of carbonyl (C=O) groups excluding carboxylic acids is 1. The van der Waals surface area contributed by atoms with Crippen molar-refractivity contribution >= 4 is 31.9 Å². The van der Waals surface area contributed by atoms with Crippen molar-refractivity contribution < 1.29 is 13.2 Å². The van der Waals surface area contributed by atoms with E-state index in [9.17, 15) is 13.2 Å². The van der Waals surface area contributed by atoms with Crippen LogP contribution >= 0.6 is 15.9 Å². The summed E-state index contributed by atoms with van der Waals surface area (Å²) in [5.74, 6) is -0.115. The van der Waals surface area contributed by atoms with Gasteiger partial charge in [-0.25, -0.2) is 18.1 Å². The lowest BCUT2D eigenvalue weighted by molar-refractivity contribution is 0.0698. The minimum Gasteiger partial charge on any atom is -0.336 e. The van der Waals surface area contributed by atoms with E-state index < -0.39 is 10.0 Å². The van der Waals surface area contributed by atoms with Gasteiger partial charge in [-0.3, -0.25) is 4.79 Å². The molecule has 0 spiro atoms. The number of halogens is 1. The van der Waals surface area contributed by atoms with Gasteiger partial charge < -0.3 is 4.90 Å². The second-order valence-electron chi connectivity index (χ2n) is 6.54. The maximum absolute atomic E-state index is 12.8. The molecule has 3 aromatic rings. The molecule has 0 N–H and O–H groups in total. The number of piperazine rings is 1. The molecular formula is C19H18BrN5O3S. The van der Waals surface area contributed by atoms with Crippen LogP contribution in [-0.2, 0) is 10.0 Å². The molecule has 0 bridgehead atoms. The number of hydrogen-bond donors (Lipinski definition) is 0. The van der Waals surface area contributed by atoms with Crippen molar-refractivity contribution in [2.45, 2.75) is 4.90 Å². The van der Waals surface area contributed by atoms with Gasteiger partial charge in [0.15, 0.2) is 0 Å². The zero-order chi connectivity index (χ0) is 20.4. The van der Waals surface area contributed by atoms with Gasteiger partial charge in [-0.05, 0) is 48.5 Å². The standard InChI is InChI=1S/C19H18BrN5O3S/c20-16-3-7-18(8-4-16)29(27,28)24-11-9-23(10-12-24)19(26)15-1-5-17(6-2-15)25-14-21-13-22-25/h1-8,13-14H,9-12H2. The Hall–Kier alpha value is -2.56. The van der Waals surface area contributed by atoms with Gasteiger partial charge in [0.1, 0.15) is 12.7 Å². The number of amides is 1. The average Bonchev–Trinajstić information content (AvgIpc) is 3.29. The van der Waals surface area contributed by atoms with E-state index in [-0.39, 0.29) is 23.9 Å². The summed E-state index contributed by atoms with van der Waals surface area (Å²) >= 11 is 3.31. The van der Waals surface area contributed by atoms with Crippen LogP contribution in [0.1, 0.15) is 10.4 Å². The Morgan fingerprint density at radius 2 is 1.59 bits per heavy atom. The molecular weight excluding hydrogens is 458 g/mol. The Kier molecular flexibility index (Phi) is 5.48. The first-order valence-corrected chi connectivity index (χ1v) is 11.2. The third-order valence-corrected chi connectivity index (χ3v) is 7.22. The van der Waals surface area contributed by atoms with Crippen molar-refractivity contribution in [1.82, 2.24) is 24.0 Å². The number of hydrogen-bond acceptors (Lipinski definition) is 5. The molecule has 1 aromatic heterocycles. The third kappa shape index (κ3) is 4.09. The van der Waals surface area contributed by atoms with Gasteiger partial charge in [0, 0.05) is 36.2 Å². The Balaban J connectivity index is 1.41. The number of rotatable bonds is 4. The molecule has 2 aromatic carbocycles. The fraction of sp³-hybridized carbons (Fsp3) is 0.211. The highest BCUT2D eigenvalue weighted by Gasteiger charge is 2.30. The van der Waals surface area contributed by atoms with Crippen LogP contribution in [0.3, 0.4) is 0 Å². The summed E-state index contributed by atoms with van der Waals surface area (Å²) in [6.45, 7) is 1.22. The van der Waals surface area contributed by atoms with Crippen LogP contribution in [0.2, 0.25) is 0 Å². The molecule has 150 valence electrons. The van der Waals surface area contributed by atoms with E-state index >= 15 is 0 Å². The van der Waals surface area contributed by atoms with E-state index in [0.29, 0.717) is 18.7 Å². The van der Waals surface area contributed by atoms with E-state index in [0.717, 1.165) is 10.2 Å². The van der Waals surface area contributed by atoms with Crippen LogP contribution in [0.15, 0.2) is 70.6 Å². The Labute approximate surface area is 177 Å². The summed E-state index contributed by atoms with van der Waals surface area (Å²) in [6.07, 6.45) is 3.03. The van der Waals surface area contributed by atoms with Crippen molar-refractivity contribution in [2.24, 2.45) is 0 Å². The molecule has 8 nitrogen and oxygen atoms in total. The van der Waals surface area contributed by atoms with Gasteiger partial charge in [-0.1, -0.05) is 15.9 Å². The van der Waals surface area contributed by atoms with Crippen molar-refractivity contribution in [1.29, 1.82) is 0 Å². The Morgan fingerprint density at radius 1 is 0.931 bits per heavy atom. The maximum Gasteiger partial charge on any atom is 0.253 e. The van der Waals surface area contributed by atoms with Crippen LogP contribution in [0.4, 0.5) is 0 Å². The first kappa shape index (κ1) is 19.7. The molecule has 0 atom stereocenters. The summed E-state index contributed by atoms with van der Waals surface area (Å²) in [6, 6.07) is 13.6. The fourth-order valence-corrected chi connectivity index (χ4v) is 4.85. The highest BCUT2D eigenvalue weighted by Crippen LogP contribution is 2.21. The smallest absolute Gasteiger partial charge is 0.253 e. The number of aromatic nitrogens is 3. The zero-order valence-electron chi connectivity index (χ0n) is 15.3. The molecule has 1 aliphatic rings. The van der Waals surface area contributed by atoms with Crippen LogP contribution < -0.4 is 0 Å². The first-order valence-electron chi connectivity index (χ1n) is 8.95. The van der Waals surface area contributed by atoms with Gasteiger partial charge in [0.25, 0.3) is 5.91 Å². The van der Waals surface area contributed by atoms with E-state index in [1.54, 1.807) is 64.4 Å². The molecule has 29 heavy (non-hydrogen) atoms. The molecule has 1 saturated heterocycles. The Morgan fingerprint density at radius 3 is 2.17 bits per heavy atom. The molecule has 0 saturated carbocycles. The van der Waals surface area contributed by atoms with E-state index in [1.165, 1.54) is 10.6 Å². The van der Waals surface area contributed by atoms with E-state index in [4.69, 9.17) is 0 Å². The summed E-state index contributed by atoms with van der Waals surface area (Å²) < 4.78 is 29.4. The topological polar surface area (TPSA) is 88.4 Å². The molecule has 0 aliphatic carbocycles. The van der Waals surface area contributed by atoms with Gasteiger partial charge in [-0.2, -0.15) is 9.40 Å². The molecule has 0 unspecified atom stereocenters. The summed E-state index contributed by atoms with van der Waals surface area (Å²) in [5.41, 5.74) is 1.36. The predicted molar refractivity (Wildman–Crippen MR) is 110 cm³/mol. The fourth-order valence-electron chi connectivity index (χ4n) is 3.17. The normalized spacial score (nSPS) is 15.4. The van der Waals surface area contributed by atoms with Crippen molar-refractivity contribution in [2.75, 3.05) is 26.2 Å². The molecule has 1 amide bonds. The molecule has 2 heterocycles. The average molecular weight is 476 g/mol. The minimum atomic E-state index is -3.56. The number of benzene rings is 2. The number of sulfonamides is 1. The van der Waals surface area contributed by atoms with E-state index in [2.05, 4.69) is 26.0 Å². The highest BCUT2D eigenvalue weighted by atomic mass is 79.9. The van der Waals surface area contributed by atoms with E-state index in [1.807, 2.05) is 0 Å². The third-order valence-electron chi connectivity index (χ3n) is 4.77. The lowest BCUT2D eigenvalue weighted by atomic mass is 10.1. The lowest BCUT2D eigenvalue weighted by Gasteiger charge is -2.34. The lowest BCUT2D eigenvalue weighted by Crippen LogP contribution is -2.50. The molecule has 10 heteroatoms. The molecule has 1 fully saturated rings. The number of carbonyl (C=O) groups is 1. The van der Waals surface area contributed by atoms with Crippen LogP contribution in [-0.4, -0.2) is 64.5 Å². The second kappa shape index (κ2) is 8.05. The van der Waals surface area contributed by atoms with Gasteiger partial charge in [0.05, 0.1) is 10.6 Å². The first-order chi connectivity index (χ1) is 13.9. The Bertz CT molecular complexity index is 1090. The second-order valence-corrected chi connectivity index (χ2v) is 9.39. The minimum absolute atomic E-state index is 0.115. The zero-order valence-corrected chi connectivity index (χ0v) is 17.8. The van der Waals surface area contributed by atoms with Crippen LogP contribution in [0, 0.1) is 0 Å². The van der Waals surface area contributed by atoms with Gasteiger partial charge in [0.2, 0.25) is 10.0 Å². The summed E-state index contributed by atoms with van der Waals surface area (Å²) in [5, 5.41) is 4.06. The van der Waals surface area contributed by atoms with Crippen LogP contribution in [0.25, 0.3) is 5.69 Å². The highest BCUT2D eigenvalue weighted by molar-refractivity contribution is 9.10. The van der Waals surface area contributed by atoms with Gasteiger partial charge in [-0.15, -0.1) is 0 Å². The quantitative estimate of drug-likeness (QED) is 0.576. The number of nitrogens with zero attached hydrogens (tertiary/aromatic N) is 5. The maximum atomic E-state index is 12.8.